The van der Waals surface area contributed by atoms with Crippen molar-refractivity contribution < 1.29 is 0 Å². The lowest BCUT2D eigenvalue weighted by Crippen LogP contribution is -2.26. The fourth-order valence-corrected chi connectivity index (χ4v) is 17.8. The second-order valence-corrected chi connectivity index (χ2v) is 26.3. The van der Waals surface area contributed by atoms with E-state index >= 15 is 0 Å². The second-order valence-electron chi connectivity index (χ2n) is 26.3. The van der Waals surface area contributed by atoms with Gasteiger partial charge in [-0.2, -0.15) is 0 Å². The molecule has 4 aliphatic carbocycles. The summed E-state index contributed by atoms with van der Waals surface area (Å²) in [6, 6.07) is 124. The number of benzene rings is 16. The molecule has 0 atom stereocenters. The summed E-state index contributed by atoms with van der Waals surface area (Å²) in [7, 11) is 0. The molecule has 0 amide bonds. The van der Waals surface area contributed by atoms with Crippen LogP contribution in [0, 0.1) is 13.8 Å². The van der Waals surface area contributed by atoms with Crippen molar-refractivity contribution in [3.05, 3.63) is 383 Å². The summed E-state index contributed by atoms with van der Waals surface area (Å²) >= 11 is 0. The maximum absolute atomic E-state index is 2.54. The van der Waals surface area contributed by atoms with Gasteiger partial charge in [-0.15, -0.1) is 0 Å². The SMILES string of the molecule is Cc1cccc(N(c2ccccc2)c2ccc3cc4c(cc3c2)C2(c3ccccc3-c3ccccc32)c2c-4ccc3c(-c4cccc(N(c5ccc6cc7c(cc6c5)C5(c6ccccc6-c6ccccc65)c5c-7ccc6ccccc56)c5ccccc5C)c4)cccc23)c1. The molecule has 2 heteroatoms. The summed E-state index contributed by atoms with van der Waals surface area (Å²) in [4.78, 5) is 4.88. The highest BCUT2D eigenvalue weighted by atomic mass is 15.1. The quantitative estimate of drug-likeness (QED) is 0.157. The molecular formula is C92H60N2. The third-order valence-corrected chi connectivity index (χ3v) is 21.5. The van der Waals surface area contributed by atoms with E-state index in [0.717, 1.165) is 39.7 Å². The number of hydrogen-bond acceptors (Lipinski definition) is 2. The zero-order chi connectivity index (χ0) is 62.0. The molecule has 20 rings (SSSR count). The number of aryl methyl sites for hydroxylation is 2. The van der Waals surface area contributed by atoms with Gasteiger partial charge in [-0.25, -0.2) is 0 Å². The first-order chi connectivity index (χ1) is 46.4. The summed E-state index contributed by atoms with van der Waals surface area (Å²) in [5.41, 5.74) is 31.6. The van der Waals surface area contributed by atoms with E-state index in [1.54, 1.807) is 0 Å². The molecule has 4 aliphatic rings. The van der Waals surface area contributed by atoms with Crippen LogP contribution in [0.5, 0.6) is 0 Å². The van der Waals surface area contributed by atoms with Crippen molar-refractivity contribution in [3.63, 3.8) is 0 Å². The molecule has 16 aromatic rings. The molecule has 0 unspecified atom stereocenters. The monoisotopic (exact) mass is 1190 g/mol. The highest BCUT2D eigenvalue weighted by Crippen LogP contribution is 2.67. The fourth-order valence-electron chi connectivity index (χ4n) is 17.8. The van der Waals surface area contributed by atoms with Crippen LogP contribution in [-0.2, 0) is 10.8 Å². The maximum Gasteiger partial charge on any atom is 0.0731 e. The van der Waals surface area contributed by atoms with Crippen molar-refractivity contribution in [2.24, 2.45) is 0 Å². The minimum atomic E-state index is -0.587. The minimum Gasteiger partial charge on any atom is -0.310 e. The van der Waals surface area contributed by atoms with Gasteiger partial charge in [-0.3, -0.25) is 0 Å². The van der Waals surface area contributed by atoms with Crippen LogP contribution < -0.4 is 9.80 Å². The molecule has 2 spiro atoms. The summed E-state index contributed by atoms with van der Waals surface area (Å²) in [5.74, 6) is 0. The number of rotatable bonds is 7. The van der Waals surface area contributed by atoms with Crippen molar-refractivity contribution >= 4 is 77.2 Å². The Morgan fingerprint density at radius 2 is 0.681 bits per heavy atom. The molecule has 438 valence electrons. The molecule has 0 fully saturated rings. The Bertz CT molecular complexity index is 5840. The van der Waals surface area contributed by atoms with Gasteiger partial charge in [-0.1, -0.05) is 237 Å². The first-order valence-corrected chi connectivity index (χ1v) is 33.0. The number of fused-ring (bicyclic) bond motifs is 26. The Morgan fingerprint density at radius 3 is 1.30 bits per heavy atom. The maximum atomic E-state index is 2.54. The topological polar surface area (TPSA) is 6.48 Å². The highest BCUT2D eigenvalue weighted by Gasteiger charge is 2.54. The smallest absolute Gasteiger partial charge is 0.0731 e. The van der Waals surface area contributed by atoms with Gasteiger partial charge in [0.2, 0.25) is 0 Å². The van der Waals surface area contributed by atoms with Crippen LogP contribution in [0.1, 0.15) is 55.6 Å². The number of para-hydroxylation sites is 2. The molecule has 0 saturated carbocycles. The Balaban J connectivity index is 0.760. The number of nitrogens with zero attached hydrogens (tertiary/aromatic N) is 2. The Hall–Kier alpha value is -11.8. The molecule has 0 radical (unpaired) electrons. The Labute approximate surface area is 547 Å². The average molecular weight is 1190 g/mol. The Morgan fingerprint density at radius 1 is 0.223 bits per heavy atom. The third kappa shape index (κ3) is 7.20. The first kappa shape index (κ1) is 52.9. The summed E-state index contributed by atoms with van der Waals surface area (Å²) < 4.78 is 0. The average Bonchev–Trinajstić information content (AvgIpc) is 1.51. The van der Waals surface area contributed by atoms with Crippen molar-refractivity contribution in [1.82, 2.24) is 0 Å². The largest absolute Gasteiger partial charge is 0.310 e. The predicted molar refractivity (Wildman–Crippen MR) is 393 cm³/mol. The van der Waals surface area contributed by atoms with Crippen molar-refractivity contribution in [3.8, 4) is 55.6 Å². The molecule has 16 aromatic carbocycles. The van der Waals surface area contributed by atoms with E-state index < -0.39 is 10.8 Å². The summed E-state index contributed by atoms with van der Waals surface area (Å²) in [6.07, 6.45) is 0. The van der Waals surface area contributed by atoms with Gasteiger partial charge in [0, 0.05) is 34.1 Å². The van der Waals surface area contributed by atoms with E-state index in [2.05, 4.69) is 351 Å². The van der Waals surface area contributed by atoms with Gasteiger partial charge in [0.15, 0.2) is 0 Å². The van der Waals surface area contributed by atoms with Crippen LogP contribution in [0.15, 0.2) is 328 Å². The van der Waals surface area contributed by atoms with Crippen molar-refractivity contribution in [1.29, 1.82) is 0 Å². The summed E-state index contributed by atoms with van der Waals surface area (Å²) in [5, 5.41) is 9.93. The number of anilines is 6. The van der Waals surface area contributed by atoms with Crippen LogP contribution in [-0.4, -0.2) is 0 Å². The molecule has 2 nitrogen and oxygen atoms in total. The van der Waals surface area contributed by atoms with E-state index in [-0.39, 0.29) is 0 Å². The fraction of sp³-hybridized carbons (Fsp3) is 0.0435. The lowest BCUT2D eigenvalue weighted by Gasteiger charge is -2.32. The lowest BCUT2D eigenvalue weighted by molar-refractivity contribution is 0.802. The van der Waals surface area contributed by atoms with Gasteiger partial charge in [-0.05, 0) is 259 Å². The van der Waals surface area contributed by atoms with E-state index in [1.807, 2.05) is 0 Å². The zero-order valence-electron chi connectivity index (χ0n) is 52.1. The number of hydrogen-bond donors (Lipinski definition) is 0. The van der Waals surface area contributed by atoms with E-state index in [4.69, 9.17) is 0 Å². The molecule has 0 aliphatic heterocycles. The molecular weight excluding hydrogens is 1130 g/mol. The minimum absolute atomic E-state index is 0.496. The third-order valence-electron chi connectivity index (χ3n) is 21.5. The molecule has 0 aromatic heterocycles. The molecule has 0 saturated heterocycles. The lowest BCUT2D eigenvalue weighted by atomic mass is 9.69. The normalized spacial score (nSPS) is 13.6. The summed E-state index contributed by atoms with van der Waals surface area (Å²) in [6.45, 7) is 4.42. The van der Waals surface area contributed by atoms with E-state index in [1.165, 1.54) is 149 Å². The van der Waals surface area contributed by atoms with Crippen LogP contribution in [0.3, 0.4) is 0 Å². The van der Waals surface area contributed by atoms with Crippen LogP contribution in [0.2, 0.25) is 0 Å². The molecule has 0 heterocycles. The van der Waals surface area contributed by atoms with E-state index in [0.29, 0.717) is 0 Å². The second kappa shape index (κ2) is 19.8. The van der Waals surface area contributed by atoms with Crippen LogP contribution >= 0.6 is 0 Å². The first-order valence-electron chi connectivity index (χ1n) is 33.0. The van der Waals surface area contributed by atoms with Gasteiger partial charge < -0.3 is 9.80 Å². The molecule has 0 N–H and O–H groups in total. The Kier molecular flexibility index (Phi) is 11.2. The molecule has 0 bridgehead atoms. The van der Waals surface area contributed by atoms with Crippen molar-refractivity contribution in [2.75, 3.05) is 9.80 Å². The van der Waals surface area contributed by atoms with Gasteiger partial charge in [0.25, 0.3) is 0 Å². The van der Waals surface area contributed by atoms with Crippen LogP contribution in [0.4, 0.5) is 34.1 Å². The van der Waals surface area contributed by atoms with Crippen LogP contribution in [0.25, 0.3) is 98.7 Å². The van der Waals surface area contributed by atoms with Gasteiger partial charge in [0.05, 0.1) is 10.8 Å². The van der Waals surface area contributed by atoms with Crippen molar-refractivity contribution in [2.45, 2.75) is 24.7 Å². The zero-order valence-corrected chi connectivity index (χ0v) is 52.1. The van der Waals surface area contributed by atoms with Gasteiger partial charge >= 0.3 is 0 Å². The molecule has 94 heavy (non-hydrogen) atoms. The standard InChI is InChI=1S/C92H60N2/c1-57-21-18-27-66(49-57)93(65-25-4-3-5-26-65)68-44-41-60-54-81-79-48-47-72-70(34-20-35-77(72)90(79)92(87(81)55-63(60)51-68)84-38-15-11-32-75(84)76-33-12-16-39-85(76)92)62-24-19-28-67(50-62)94(88-40-17-6-22-58(88)2)69-45-42-61-53-80-78-46-43-59-23-7-8-29-71(59)89(78)91(86(80)56-64(61)52-69)82-36-13-9-30-73(82)74-31-10-14-37-83(74)91/h3-56H,1-2H3. The predicted octanol–water partition coefficient (Wildman–Crippen LogP) is 24.2. The van der Waals surface area contributed by atoms with Gasteiger partial charge in [0.1, 0.15) is 0 Å². The highest BCUT2D eigenvalue weighted by molar-refractivity contribution is 6.11. The van der Waals surface area contributed by atoms with E-state index in [9.17, 15) is 0 Å².